The Kier molecular flexibility index (Phi) is 4.13. The third-order valence-corrected chi connectivity index (χ3v) is 3.40. The maximum atomic E-state index is 12.6. The van der Waals surface area contributed by atoms with Gasteiger partial charge in [-0.3, -0.25) is 4.79 Å². The Balaban J connectivity index is 2.51. The lowest BCUT2D eigenvalue weighted by Crippen LogP contribution is -2.46. The van der Waals surface area contributed by atoms with E-state index >= 15 is 0 Å². The summed E-state index contributed by atoms with van der Waals surface area (Å²) in [5.74, 6) is -3.62. The number of carbonyl (C=O) groups excluding carboxylic acids is 1. The van der Waals surface area contributed by atoms with Crippen molar-refractivity contribution in [1.82, 2.24) is 4.90 Å². The zero-order valence-corrected chi connectivity index (χ0v) is 11.9. The van der Waals surface area contributed by atoms with Crippen molar-refractivity contribution in [3.05, 3.63) is 28.2 Å². The molecule has 0 radical (unpaired) electrons. The minimum atomic E-state index is -5.15. The normalized spacial score (nSPS) is 18.5. The van der Waals surface area contributed by atoms with Crippen LogP contribution in [-0.4, -0.2) is 41.2 Å². The van der Waals surface area contributed by atoms with Crippen molar-refractivity contribution in [2.24, 2.45) is 0 Å². The molecule has 9 heteroatoms. The zero-order chi connectivity index (χ0) is 15.8. The van der Waals surface area contributed by atoms with Crippen LogP contribution in [0.1, 0.15) is 11.6 Å². The van der Waals surface area contributed by atoms with E-state index in [9.17, 15) is 27.9 Å². The summed E-state index contributed by atoms with van der Waals surface area (Å²) in [6.45, 7) is -0.698. The smallest absolute Gasteiger partial charge is 0.471 e. The first-order chi connectivity index (χ1) is 9.71. The van der Waals surface area contributed by atoms with Crippen LogP contribution in [-0.2, 0) is 9.59 Å². The molecular weight excluding hydrogens is 359 g/mol. The van der Waals surface area contributed by atoms with Crippen LogP contribution in [0.3, 0.4) is 0 Å². The van der Waals surface area contributed by atoms with Gasteiger partial charge in [0.2, 0.25) is 0 Å². The van der Waals surface area contributed by atoms with Gasteiger partial charge in [0, 0.05) is 10.0 Å². The van der Waals surface area contributed by atoms with E-state index in [-0.39, 0.29) is 22.8 Å². The van der Waals surface area contributed by atoms with Gasteiger partial charge in [0.1, 0.15) is 12.4 Å². The van der Waals surface area contributed by atoms with Crippen molar-refractivity contribution in [1.29, 1.82) is 0 Å². The Morgan fingerprint density at radius 3 is 2.62 bits per heavy atom. The number of carbonyl (C=O) groups is 2. The van der Waals surface area contributed by atoms with Gasteiger partial charge in [-0.25, -0.2) is 4.79 Å². The predicted octanol–water partition coefficient (Wildman–Crippen LogP) is 2.36. The molecule has 0 saturated heterocycles. The van der Waals surface area contributed by atoms with Gasteiger partial charge in [-0.05, 0) is 12.1 Å². The summed E-state index contributed by atoms with van der Waals surface area (Å²) < 4.78 is 43.7. The van der Waals surface area contributed by atoms with Crippen LogP contribution in [0.2, 0.25) is 0 Å². The van der Waals surface area contributed by atoms with Crippen molar-refractivity contribution in [2.75, 3.05) is 13.2 Å². The molecule has 1 heterocycles. The maximum absolute atomic E-state index is 12.6. The molecule has 0 aliphatic carbocycles. The number of carboxylic acid groups (broad SMARTS) is 1. The number of aliphatic carboxylic acids is 1. The van der Waals surface area contributed by atoms with Gasteiger partial charge in [-0.15, -0.1) is 0 Å². The molecule has 1 N–H and O–H groups in total. The second-order valence-electron chi connectivity index (χ2n) is 4.27. The number of nitrogens with zero attached hydrogens (tertiary/aromatic N) is 1. The molecule has 1 atom stereocenters. The van der Waals surface area contributed by atoms with Crippen LogP contribution in [0.25, 0.3) is 0 Å². The third kappa shape index (κ3) is 3.12. The number of carboxylic acids is 1. The predicted molar refractivity (Wildman–Crippen MR) is 67.8 cm³/mol. The first-order valence-electron chi connectivity index (χ1n) is 5.74. The largest absolute Gasteiger partial charge is 0.491 e. The van der Waals surface area contributed by atoms with E-state index in [0.717, 1.165) is 0 Å². The van der Waals surface area contributed by atoms with Crippen molar-refractivity contribution in [3.63, 3.8) is 0 Å². The summed E-state index contributed by atoms with van der Waals surface area (Å²) in [6.07, 6.45) is -5.15. The second-order valence-corrected chi connectivity index (χ2v) is 5.18. The van der Waals surface area contributed by atoms with Gasteiger partial charge in [0.15, 0.2) is 6.04 Å². The van der Waals surface area contributed by atoms with E-state index in [1.54, 1.807) is 0 Å². The quantitative estimate of drug-likeness (QED) is 0.827. The molecule has 1 aliphatic rings. The summed E-state index contributed by atoms with van der Waals surface area (Å²) in [4.78, 5) is 23.1. The molecule has 0 fully saturated rings. The Bertz CT molecular complexity index is 590. The van der Waals surface area contributed by atoms with Gasteiger partial charge < -0.3 is 14.7 Å². The molecule has 0 spiro atoms. The lowest BCUT2D eigenvalue weighted by Gasteiger charge is -2.27. The number of hydrogen-bond acceptors (Lipinski definition) is 3. The van der Waals surface area contributed by atoms with Crippen LogP contribution < -0.4 is 4.74 Å². The maximum Gasteiger partial charge on any atom is 0.471 e. The summed E-state index contributed by atoms with van der Waals surface area (Å²) in [5, 5.41) is 9.24. The number of halogens is 4. The van der Waals surface area contributed by atoms with Crippen LogP contribution in [0, 0.1) is 0 Å². The molecule has 21 heavy (non-hydrogen) atoms. The molecule has 114 valence electrons. The Morgan fingerprint density at radius 2 is 2.05 bits per heavy atom. The highest BCUT2D eigenvalue weighted by molar-refractivity contribution is 9.10. The van der Waals surface area contributed by atoms with Crippen LogP contribution in [0.15, 0.2) is 22.7 Å². The summed E-state index contributed by atoms with van der Waals surface area (Å²) in [7, 11) is 0. The molecular formula is C12H9BrF3NO4. The monoisotopic (exact) mass is 367 g/mol. The fourth-order valence-corrected chi connectivity index (χ4v) is 2.40. The van der Waals surface area contributed by atoms with Crippen LogP contribution in [0.4, 0.5) is 13.2 Å². The molecule has 5 nitrogen and oxygen atoms in total. The first-order valence-corrected chi connectivity index (χ1v) is 6.54. The van der Waals surface area contributed by atoms with Crippen LogP contribution >= 0.6 is 15.9 Å². The number of benzene rings is 1. The summed E-state index contributed by atoms with van der Waals surface area (Å²) >= 11 is 3.16. The Hall–Kier alpha value is -1.77. The summed E-state index contributed by atoms with van der Waals surface area (Å²) in [5.41, 5.74) is 0.000741. The topological polar surface area (TPSA) is 66.8 Å². The van der Waals surface area contributed by atoms with Crippen LogP contribution in [0.5, 0.6) is 5.75 Å². The highest BCUT2D eigenvalue weighted by Crippen LogP contribution is 2.36. The molecule has 1 amide bonds. The number of alkyl halides is 3. The Morgan fingerprint density at radius 1 is 1.38 bits per heavy atom. The number of ether oxygens (including phenoxy) is 1. The fraction of sp³-hybridized carbons (Fsp3) is 0.333. The van der Waals surface area contributed by atoms with Crippen molar-refractivity contribution in [3.8, 4) is 5.75 Å². The number of amides is 1. The first kappa shape index (κ1) is 15.6. The van der Waals surface area contributed by atoms with E-state index in [1.165, 1.54) is 18.2 Å². The fourth-order valence-electron chi connectivity index (χ4n) is 2.06. The molecule has 1 unspecified atom stereocenters. The number of fused-ring (bicyclic) bond motifs is 1. The second kappa shape index (κ2) is 5.55. The highest BCUT2D eigenvalue weighted by Gasteiger charge is 2.47. The van der Waals surface area contributed by atoms with Crippen molar-refractivity contribution < 1.29 is 32.6 Å². The van der Waals surface area contributed by atoms with Gasteiger partial charge in [-0.2, -0.15) is 13.2 Å². The van der Waals surface area contributed by atoms with Gasteiger partial charge in [-0.1, -0.05) is 22.0 Å². The molecule has 1 aliphatic heterocycles. The van der Waals surface area contributed by atoms with Gasteiger partial charge >= 0.3 is 18.1 Å². The van der Waals surface area contributed by atoms with E-state index in [4.69, 9.17) is 4.74 Å². The molecule has 2 rings (SSSR count). The average Bonchev–Trinajstić information content (AvgIpc) is 2.55. The van der Waals surface area contributed by atoms with E-state index in [2.05, 4.69) is 15.9 Å². The summed E-state index contributed by atoms with van der Waals surface area (Å²) in [6, 6.07) is 2.50. The lowest BCUT2D eigenvalue weighted by atomic mass is 10.0. The van der Waals surface area contributed by atoms with E-state index in [0.29, 0.717) is 4.47 Å². The highest BCUT2D eigenvalue weighted by atomic mass is 79.9. The molecule has 0 saturated carbocycles. The lowest BCUT2D eigenvalue weighted by molar-refractivity contribution is -0.190. The van der Waals surface area contributed by atoms with Crippen molar-refractivity contribution >= 4 is 27.8 Å². The molecule has 0 bridgehead atoms. The SMILES string of the molecule is O=C(O)C1c2ccc(Br)cc2OCCN1C(=O)C(F)(F)F. The number of hydrogen-bond donors (Lipinski definition) is 1. The minimum absolute atomic E-state index is 0.000741. The van der Waals surface area contributed by atoms with Gasteiger partial charge in [0.05, 0.1) is 6.54 Å². The van der Waals surface area contributed by atoms with E-state index < -0.39 is 30.6 Å². The zero-order valence-electron chi connectivity index (χ0n) is 10.4. The molecule has 0 aromatic heterocycles. The van der Waals surface area contributed by atoms with Crippen molar-refractivity contribution in [2.45, 2.75) is 12.2 Å². The molecule has 1 aromatic rings. The average molecular weight is 368 g/mol. The standard InChI is InChI=1S/C12H9BrF3NO4/c13-6-1-2-7-8(5-6)21-4-3-17(9(7)10(18)19)11(20)12(14,15)16/h1-2,5,9H,3-4H2,(H,18,19). The van der Waals surface area contributed by atoms with E-state index in [1.807, 2.05) is 0 Å². The third-order valence-electron chi connectivity index (χ3n) is 2.91. The minimum Gasteiger partial charge on any atom is -0.491 e. The number of rotatable bonds is 1. The Labute approximate surface area is 125 Å². The molecule has 1 aromatic carbocycles. The van der Waals surface area contributed by atoms with Gasteiger partial charge in [0.25, 0.3) is 0 Å².